The summed E-state index contributed by atoms with van der Waals surface area (Å²) in [6.07, 6.45) is 1.64. The lowest BCUT2D eigenvalue weighted by Crippen LogP contribution is -2.38. The topological polar surface area (TPSA) is 78.1 Å². The molecule has 33 heavy (non-hydrogen) atoms. The van der Waals surface area contributed by atoms with Gasteiger partial charge in [0.2, 0.25) is 0 Å². The van der Waals surface area contributed by atoms with E-state index in [9.17, 15) is 18.0 Å². The number of rotatable bonds is 4. The van der Waals surface area contributed by atoms with Gasteiger partial charge in [0.1, 0.15) is 4.83 Å². The largest absolute Gasteiger partial charge is 0.332 e. The Morgan fingerprint density at radius 2 is 1.76 bits per heavy atom. The van der Waals surface area contributed by atoms with E-state index in [4.69, 9.17) is 11.6 Å². The number of halogens is 1. The highest BCUT2D eigenvalue weighted by Crippen LogP contribution is 2.21. The normalized spacial score (nSPS) is 11.4. The highest BCUT2D eigenvalue weighted by molar-refractivity contribution is 7.90. The van der Waals surface area contributed by atoms with E-state index in [1.54, 1.807) is 31.3 Å². The Bertz CT molecular complexity index is 1650. The van der Waals surface area contributed by atoms with E-state index in [1.807, 2.05) is 18.2 Å². The fourth-order valence-corrected chi connectivity index (χ4v) is 5.21. The van der Waals surface area contributed by atoms with Gasteiger partial charge in [0, 0.05) is 24.7 Å². The molecule has 0 aliphatic carbocycles. The molecule has 0 spiro atoms. The molecule has 0 fully saturated rings. The predicted molar refractivity (Wildman–Crippen MR) is 132 cm³/mol. The van der Waals surface area contributed by atoms with Crippen LogP contribution in [0.2, 0.25) is 5.02 Å². The van der Waals surface area contributed by atoms with Gasteiger partial charge < -0.3 is 0 Å². The van der Waals surface area contributed by atoms with Crippen molar-refractivity contribution < 1.29 is 8.42 Å². The zero-order valence-corrected chi connectivity index (χ0v) is 20.2. The van der Waals surface area contributed by atoms with E-state index in [1.165, 1.54) is 28.0 Å². The molecule has 6 nitrogen and oxygen atoms in total. The fourth-order valence-electron chi connectivity index (χ4n) is 3.39. The molecule has 4 aromatic rings. The van der Waals surface area contributed by atoms with Crippen LogP contribution in [-0.2, 0) is 29.9 Å². The van der Waals surface area contributed by atoms with Crippen LogP contribution < -0.4 is 11.2 Å². The average Bonchev–Trinajstić information content (AvgIpc) is 3.20. The predicted octanol–water partition coefficient (Wildman–Crippen LogP) is 3.46. The molecular formula is C24H19ClN2O4S2. The van der Waals surface area contributed by atoms with Crippen molar-refractivity contribution in [2.45, 2.75) is 17.9 Å². The van der Waals surface area contributed by atoms with Gasteiger partial charge >= 0.3 is 5.69 Å². The first-order valence-corrected chi connectivity index (χ1v) is 13.0. The number of hydrogen-bond acceptors (Lipinski definition) is 5. The van der Waals surface area contributed by atoms with Crippen molar-refractivity contribution in [1.29, 1.82) is 0 Å². The zero-order chi connectivity index (χ0) is 23.8. The van der Waals surface area contributed by atoms with Crippen LogP contribution in [0.3, 0.4) is 0 Å². The Hall–Kier alpha value is -3.12. The second-order valence-electron chi connectivity index (χ2n) is 7.59. The molecule has 0 radical (unpaired) electrons. The Balaban J connectivity index is 1.67. The number of hydrogen-bond donors (Lipinski definition) is 0. The van der Waals surface area contributed by atoms with E-state index in [0.717, 1.165) is 16.4 Å². The van der Waals surface area contributed by atoms with Gasteiger partial charge in [0.25, 0.3) is 5.56 Å². The number of benzene rings is 2. The molecule has 0 atom stereocenters. The summed E-state index contributed by atoms with van der Waals surface area (Å²) in [7, 11) is -1.70. The van der Waals surface area contributed by atoms with E-state index in [2.05, 4.69) is 11.8 Å². The van der Waals surface area contributed by atoms with Crippen molar-refractivity contribution in [2.75, 3.05) is 6.26 Å². The number of sulfone groups is 1. The van der Waals surface area contributed by atoms with Gasteiger partial charge in [-0.05, 0) is 41.5 Å². The van der Waals surface area contributed by atoms with Crippen molar-refractivity contribution in [3.8, 4) is 11.8 Å². The molecule has 4 rings (SSSR count). The summed E-state index contributed by atoms with van der Waals surface area (Å²) < 4.78 is 25.9. The molecule has 0 saturated carbocycles. The Morgan fingerprint density at radius 1 is 1.03 bits per heavy atom. The summed E-state index contributed by atoms with van der Waals surface area (Å²) in [5, 5.41) is 1.07. The van der Waals surface area contributed by atoms with Crippen LogP contribution >= 0.6 is 22.9 Å². The molecule has 0 amide bonds. The maximum atomic E-state index is 13.1. The SMILES string of the molecule is Cn1c(=O)n(Cc2ccc(S(C)(=O)=O)cc2)c(=O)c2cc(C#CCc3cccc(Cl)c3)sc21. The Morgan fingerprint density at radius 3 is 2.42 bits per heavy atom. The molecular weight excluding hydrogens is 480 g/mol. The van der Waals surface area contributed by atoms with Gasteiger partial charge in [-0.15, -0.1) is 11.3 Å². The van der Waals surface area contributed by atoms with Crippen LogP contribution in [0.25, 0.3) is 10.2 Å². The molecule has 2 aromatic carbocycles. The van der Waals surface area contributed by atoms with Crippen molar-refractivity contribution in [3.05, 3.63) is 96.5 Å². The highest BCUT2D eigenvalue weighted by atomic mass is 35.5. The number of aryl methyl sites for hydroxylation is 1. The van der Waals surface area contributed by atoms with Gasteiger partial charge in [-0.2, -0.15) is 0 Å². The summed E-state index contributed by atoms with van der Waals surface area (Å²) in [6, 6.07) is 15.3. The number of fused-ring (bicyclic) bond motifs is 1. The Kier molecular flexibility index (Phi) is 6.30. The molecule has 0 N–H and O–H groups in total. The molecule has 0 unspecified atom stereocenters. The van der Waals surface area contributed by atoms with Gasteiger partial charge in [0.15, 0.2) is 9.84 Å². The minimum Gasteiger partial charge on any atom is -0.287 e. The molecule has 2 heterocycles. The van der Waals surface area contributed by atoms with Crippen LogP contribution in [0.15, 0.2) is 69.1 Å². The highest BCUT2D eigenvalue weighted by Gasteiger charge is 2.15. The summed E-state index contributed by atoms with van der Waals surface area (Å²) >= 11 is 7.30. The molecule has 168 valence electrons. The van der Waals surface area contributed by atoms with Crippen LogP contribution in [0.1, 0.15) is 16.0 Å². The van der Waals surface area contributed by atoms with E-state index in [0.29, 0.717) is 32.1 Å². The second-order valence-corrected chi connectivity index (χ2v) is 11.1. The van der Waals surface area contributed by atoms with Crippen molar-refractivity contribution in [2.24, 2.45) is 7.05 Å². The lowest BCUT2D eigenvalue weighted by Gasteiger charge is -2.09. The maximum absolute atomic E-state index is 13.1. The molecule has 0 aliphatic rings. The van der Waals surface area contributed by atoms with Gasteiger partial charge in [-0.25, -0.2) is 13.2 Å². The average molecular weight is 499 g/mol. The third-order valence-corrected chi connectivity index (χ3v) is 7.59. The minimum absolute atomic E-state index is 0.0388. The molecule has 9 heteroatoms. The molecule has 0 aliphatic heterocycles. The molecule has 2 aromatic heterocycles. The lowest BCUT2D eigenvalue weighted by molar-refractivity contribution is 0.601. The summed E-state index contributed by atoms with van der Waals surface area (Å²) in [5.41, 5.74) is 0.796. The van der Waals surface area contributed by atoms with Crippen molar-refractivity contribution in [1.82, 2.24) is 9.13 Å². The first-order valence-electron chi connectivity index (χ1n) is 9.89. The quantitative estimate of drug-likeness (QED) is 0.404. The lowest BCUT2D eigenvalue weighted by atomic mass is 10.1. The first-order chi connectivity index (χ1) is 15.6. The van der Waals surface area contributed by atoms with Crippen LogP contribution in [-0.4, -0.2) is 23.8 Å². The van der Waals surface area contributed by atoms with Crippen molar-refractivity contribution >= 4 is 43.0 Å². The Labute approximate surface area is 199 Å². The fraction of sp³-hybridized carbons (Fsp3) is 0.167. The van der Waals surface area contributed by atoms with E-state index in [-0.39, 0.29) is 11.4 Å². The van der Waals surface area contributed by atoms with Gasteiger partial charge in [-0.3, -0.25) is 13.9 Å². The standard InChI is InChI=1S/C24H19ClN2O4S2/c1-26-23-21(14-19(32-23)8-4-6-16-5-3-7-18(25)13-16)22(28)27(24(26)29)15-17-9-11-20(12-10-17)33(2,30)31/h3,5,7,9-14H,6,15H2,1-2H3. The van der Waals surface area contributed by atoms with Gasteiger partial charge in [-0.1, -0.05) is 47.7 Å². The van der Waals surface area contributed by atoms with Gasteiger partial charge in [0.05, 0.1) is 21.7 Å². The van der Waals surface area contributed by atoms with Crippen LogP contribution in [0.4, 0.5) is 0 Å². The zero-order valence-electron chi connectivity index (χ0n) is 17.8. The number of aromatic nitrogens is 2. The smallest absolute Gasteiger partial charge is 0.287 e. The van der Waals surface area contributed by atoms with Crippen LogP contribution in [0.5, 0.6) is 0 Å². The summed E-state index contributed by atoms with van der Waals surface area (Å²) in [6.45, 7) is 0.0388. The number of nitrogens with zero attached hydrogens (tertiary/aromatic N) is 2. The first kappa shape index (κ1) is 23.1. The minimum atomic E-state index is -3.32. The maximum Gasteiger partial charge on any atom is 0.332 e. The van der Waals surface area contributed by atoms with Crippen molar-refractivity contribution in [3.63, 3.8) is 0 Å². The van der Waals surface area contributed by atoms with E-state index < -0.39 is 21.1 Å². The number of thiophene rings is 1. The molecule has 0 saturated heterocycles. The monoisotopic (exact) mass is 498 g/mol. The summed E-state index contributed by atoms with van der Waals surface area (Å²) in [4.78, 5) is 27.4. The van der Waals surface area contributed by atoms with Crippen LogP contribution in [0, 0.1) is 11.8 Å². The third kappa shape index (κ3) is 4.96. The second kappa shape index (κ2) is 9.02. The third-order valence-electron chi connectivity index (χ3n) is 5.10. The summed E-state index contributed by atoms with van der Waals surface area (Å²) in [5.74, 6) is 6.16. The molecule has 0 bridgehead atoms. The van der Waals surface area contributed by atoms with E-state index >= 15 is 0 Å².